The van der Waals surface area contributed by atoms with Crippen LogP contribution < -0.4 is 10.2 Å². The Morgan fingerprint density at radius 1 is 1.14 bits per heavy atom. The molecule has 1 aromatic carbocycles. The molecule has 0 aliphatic carbocycles. The lowest BCUT2D eigenvalue weighted by Gasteiger charge is -2.18. The molecule has 1 aromatic heterocycles. The van der Waals surface area contributed by atoms with Crippen molar-refractivity contribution in [1.82, 2.24) is 9.97 Å². The van der Waals surface area contributed by atoms with Gasteiger partial charge in [0.25, 0.3) is 0 Å². The van der Waals surface area contributed by atoms with E-state index in [1.165, 1.54) is 18.4 Å². The molecular formula is C18H26N4. The van der Waals surface area contributed by atoms with Crippen molar-refractivity contribution in [3.8, 4) is 0 Å². The van der Waals surface area contributed by atoms with E-state index in [-0.39, 0.29) is 0 Å². The van der Waals surface area contributed by atoms with Gasteiger partial charge in [-0.1, -0.05) is 39.3 Å². The van der Waals surface area contributed by atoms with Crippen LogP contribution in [0.5, 0.6) is 0 Å². The summed E-state index contributed by atoms with van der Waals surface area (Å²) in [7, 11) is 2.07. The molecule has 2 aromatic rings. The minimum absolute atomic E-state index is 0.542. The summed E-state index contributed by atoms with van der Waals surface area (Å²) >= 11 is 0. The Morgan fingerprint density at radius 2 is 1.86 bits per heavy atom. The second-order valence-corrected chi connectivity index (χ2v) is 5.92. The highest BCUT2D eigenvalue weighted by Crippen LogP contribution is 2.20. The molecule has 4 heteroatoms. The molecule has 0 unspecified atom stereocenters. The summed E-state index contributed by atoms with van der Waals surface area (Å²) in [6, 6.07) is 10.4. The first kappa shape index (κ1) is 16.3. The van der Waals surface area contributed by atoms with Gasteiger partial charge in [-0.05, 0) is 36.1 Å². The summed E-state index contributed by atoms with van der Waals surface area (Å²) in [6.45, 7) is 7.60. The summed E-state index contributed by atoms with van der Waals surface area (Å²) in [5.41, 5.74) is 2.34. The van der Waals surface area contributed by atoms with Crippen molar-refractivity contribution < 1.29 is 0 Å². The van der Waals surface area contributed by atoms with Gasteiger partial charge in [0.05, 0.1) is 0 Å². The van der Waals surface area contributed by atoms with Crippen molar-refractivity contribution in [2.45, 2.75) is 39.5 Å². The molecule has 0 aliphatic heterocycles. The standard InChI is InChI=1S/C18H26N4/c1-5-6-13-22(4)17-11-12-19-18(21-17)20-16-9-7-15(8-10-16)14(2)3/h7-12,14H,5-6,13H2,1-4H3,(H,19,20,21). The average Bonchev–Trinajstić information content (AvgIpc) is 2.53. The minimum Gasteiger partial charge on any atom is -0.360 e. The van der Waals surface area contributed by atoms with Gasteiger partial charge in [0, 0.05) is 25.5 Å². The monoisotopic (exact) mass is 298 g/mol. The van der Waals surface area contributed by atoms with Gasteiger partial charge in [0.15, 0.2) is 0 Å². The number of benzene rings is 1. The van der Waals surface area contributed by atoms with Crippen LogP contribution in [0.25, 0.3) is 0 Å². The Balaban J connectivity index is 2.06. The van der Waals surface area contributed by atoms with Gasteiger partial charge in [0.1, 0.15) is 5.82 Å². The van der Waals surface area contributed by atoms with Crippen LogP contribution in [0.4, 0.5) is 17.5 Å². The van der Waals surface area contributed by atoms with E-state index >= 15 is 0 Å². The summed E-state index contributed by atoms with van der Waals surface area (Å²) in [5.74, 6) is 2.13. The van der Waals surface area contributed by atoms with Gasteiger partial charge >= 0.3 is 0 Å². The third-order valence-electron chi connectivity index (χ3n) is 3.71. The lowest BCUT2D eigenvalue weighted by Crippen LogP contribution is -2.19. The van der Waals surface area contributed by atoms with E-state index in [2.05, 4.69) is 72.3 Å². The summed E-state index contributed by atoms with van der Waals surface area (Å²) < 4.78 is 0. The molecule has 22 heavy (non-hydrogen) atoms. The van der Waals surface area contributed by atoms with Gasteiger partial charge in [-0.2, -0.15) is 4.98 Å². The highest BCUT2D eigenvalue weighted by atomic mass is 15.2. The van der Waals surface area contributed by atoms with Crippen molar-refractivity contribution in [1.29, 1.82) is 0 Å². The zero-order valence-electron chi connectivity index (χ0n) is 14.0. The van der Waals surface area contributed by atoms with E-state index in [0.29, 0.717) is 11.9 Å². The molecule has 0 spiro atoms. The van der Waals surface area contributed by atoms with E-state index in [4.69, 9.17) is 0 Å². The minimum atomic E-state index is 0.542. The van der Waals surface area contributed by atoms with Crippen LogP contribution in [-0.2, 0) is 0 Å². The number of anilines is 3. The average molecular weight is 298 g/mol. The molecule has 0 saturated carbocycles. The van der Waals surface area contributed by atoms with Gasteiger partial charge in [-0.15, -0.1) is 0 Å². The predicted molar refractivity (Wildman–Crippen MR) is 94.0 cm³/mol. The van der Waals surface area contributed by atoms with Crippen LogP contribution in [0.2, 0.25) is 0 Å². The van der Waals surface area contributed by atoms with Gasteiger partial charge in [0.2, 0.25) is 5.95 Å². The van der Waals surface area contributed by atoms with Crippen molar-refractivity contribution in [2.75, 3.05) is 23.8 Å². The van der Waals surface area contributed by atoms with Crippen LogP contribution in [0, 0.1) is 0 Å². The van der Waals surface area contributed by atoms with Gasteiger partial charge in [-0.25, -0.2) is 4.98 Å². The van der Waals surface area contributed by atoms with Crippen molar-refractivity contribution in [3.05, 3.63) is 42.1 Å². The molecule has 0 radical (unpaired) electrons. The molecular weight excluding hydrogens is 272 g/mol. The molecule has 0 amide bonds. The number of aromatic nitrogens is 2. The quantitative estimate of drug-likeness (QED) is 0.812. The largest absolute Gasteiger partial charge is 0.360 e. The zero-order chi connectivity index (χ0) is 15.9. The molecule has 1 N–H and O–H groups in total. The van der Waals surface area contributed by atoms with Gasteiger partial charge in [-0.3, -0.25) is 0 Å². The highest BCUT2D eigenvalue weighted by molar-refractivity contribution is 5.55. The molecule has 2 rings (SSSR count). The summed E-state index contributed by atoms with van der Waals surface area (Å²) in [6.07, 6.45) is 4.15. The number of nitrogens with zero attached hydrogens (tertiary/aromatic N) is 3. The third-order valence-corrected chi connectivity index (χ3v) is 3.71. The predicted octanol–water partition coefficient (Wildman–Crippen LogP) is 4.58. The van der Waals surface area contributed by atoms with Crippen LogP contribution >= 0.6 is 0 Å². The first-order valence-electron chi connectivity index (χ1n) is 8.01. The van der Waals surface area contributed by atoms with Crippen LogP contribution in [-0.4, -0.2) is 23.6 Å². The Hall–Kier alpha value is -2.10. The molecule has 1 heterocycles. The molecule has 4 nitrogen and oxygen atoms in total. The summed E-state index contributed by atoms with van der Waals surface area (Å²) in [5, 5.41) is 3.27. The SMILES string of the molecule is CCCCN(C)c1ccnc(Nc2ccc(C(C)C)cc2)n1. The normalized spacial score (nSPS) is 10.8. The number of hydrogen-bond acceptors (Lipinski definition) is 4. The lowest BCUT2D eigenvalue weighted by atomic mass is 10.0. The Bertz CT molecular complexity index is 578. The maximum absolute atomic E-state index is 4.58. The Labute approximate surface area is 133 Å². The lowest BCUT2D eigenvalue weighted by molar-refractivity contribution is 0.759. The van der Waals surface area contributed by atoms with E-state index in [9.17, 15) is 0 Å². The van der Waals surface area contributed by atoms with E-state index in [1.807, 2.05) is 6.07 Å². The van der Waals surface area contributed by atoms with Crippen LogP contribution in [0.1, 0.15) is 45.1 Å². The van der Waals surface area contributed by atoms with E-state index < -0.39 is 0 Å². The Kier molecular flexibility index (Phi) is 5.75. The number of rotatable bonds is 7. The molecule has 0 atom stereocenters. The van der Waals surface area contributed by atoms with Crippen LogP contribution in [0.3, 0.4) is 0 Å². The zero-order valence-corrected chi connectivity index (χ0v) is 14.0. The fourth-order valence-electron chi connectivity index (χ4n) is 2.21. The fraction of sp³-hybridized carbons (Fsp3) is 0.444. The molecule has 0 aliphatic rings. The fourth-order valence-corrected chi connectivity index (χ4v) is 2.21. The van der Waals surface area contributed by atoms with Crippen molar-refractivity contribution in [2.24, 2.45) is 0 Å². The number of nitrogens with one attached hydrogen (secondary N) is 1. The van der Waals surface area contributed by atoms with Crippen molar-refractivity contribution in [3.63, 3.8) is 0 Å². The molecule has 0 fully saturated rings. The van der Waals surface area contributed by atoms with Crippen molar-refractivity contribution >= 4 is 17.5 Å². The summed E-state index contributed by atoms with van der Waals surface area (Å²) in [4.78, 5) is 11.1. The molecule has 118 valence electrons. The number of unbranched alkanes of at least 4 members (excludes halogenated alkanes) is 1. The second-order valence-electron chi connectivity index (χ2n) is 5.92. The Morgan fingerprint density at radius 3 is 2.50 bits per heavy atom. The molecule has 0 bridgehead atoms. The van der Waals surface area contributed by atoms with E-state index in [0.717, 1.165) is 18.1 Å². The maximum atomic E-state index is 4.58. The number of hydrogen-bond donors (Lipinski definition) is 1. The molecule has 0 saturated heterocycles. The third kappa shape index (κ3) is 4.45. The smallest absolute Gasteiger partial charge is 0.229 e. The topological polar surface area (TPSA) is 41.1 Å². The first-order chi connectivity index (χ1) is 10.6. The van der Waals surface area contributed by atoms with Crippen LogP contribution in [0.15, 0.2) is 36.5 Å². The maximum Gasteiger partial charge on any atom is 0.229 e. The highest BCUT2D eigenvalue weighted by Gasteiger charge is 2.05. The second kappa shape index (κ2) is 7.78. The van der Waals surface area contributed by atoms with Gasteiger partial charge < -0.3 is 10.2 Å². The van der Waals surface area contributed by atoms with E-state index in [1.54, 1.807) is 6.20 Å². The first-order valence-corrected chi connectivity index (χ1v) is 8.01.